The molecule has 3 aromatic rings. The van der Waals surface area contributed by atoms with E-state index in [2.05, 4.69) is 30.9 Å². The first-order chi connectivity index (χ1) is 11.6. The van der Waals surface area contributed by atoms with Crippen LogP contribution in [0.3, 0.4) is 0 Å². The molecule has 3 heterocycles. The smallest absolute Gasteiger partial charge is 0.246 e. The van der Waals surface area contributed by atoms with E-state index in [1.165, 1.54) is 0 Å². The van der Waals surface area contributed by atoms with Gasteiger partial charge in [0.2, 0.25) is 5.91 Å². The molecule has 0 radical (unpaired) electrons. The summed E-state index contributed by atoms with van der Waals surface area (Å²) in [5.41, 5.74) is 2.81. The lowest BCUT2D eigenvalue weighted by Crippen LogP contribution is -2.50. The Balaban J connectivity index is 1.64. The molecule has 0 bridgehead atoms. The zero-order valence-corrected chi connectivity index (χ0v) is 14.8. The number of hydrogen-bond acceptors (Lipinski definition) is 4. The molecule has 1 amide bonds. The molecule has 4 rings (SSSR count). The van der Waals surface area contributed by atoms with Crippen LogP contribution in [-0.2, 0) is 11.8 Å². The number of para-hydroxylation sites is 1. The molecule has 0 N–H and O–H groups in total. The first-order valence-electron chi connectivity index (χ1n) is 7.70. The molecule has 24 heavy (non-hydrogen) atoms. The van der Waals surface area contributed by atoms with Crippen molar-refractivity contribution < 1.29 is 4.79 Å². The Morgan fingerprint density at radius 1 is 1.21 bits per heavy atom. The van der Waals surface area contributed by atoms with Crippen LogP contribution in [0.2, 0.25) is 0 Å². The minimum absolute atomic E-state index is 0.0780. The normalized spacial score (nSPS) is 15.3. The maximum Gasteiger partial charge on any atom is 0.246 e. The quantitative estimate of drug-likeness (QED) is 0.680. The van der Waals surface area contributed by atoms with Crippen LogP contribution < -0.4 is 9.80 Å². The molecule has 1 saturated heterocycles. The number of carbonyl (C=O) groups excluding carboxylic acids is 1. The van der Waals surface area contributed by atoms with Gasteiger partial charge < -0.3 is 9.80 Å². The molecule has 0 saturated carbocycles. The highest BCUT2D eigenvalue weighted by molar-refractivity contribution is 9.10. The Morgan fingerprint density at radius 3 is 2.83 bits per heavy atom. The second-order valence-electron chi connectivity index (χ2n) is 5.81. The summed E-state index contributed by atoms with van der Waals surface area (Å²) in [6.07, 6.45) is 5.39. The lowest BCUT2D eigenvalue weighted by atomic mass is 10.1. The number of anilines is 2. The van der Waals surface area contributed by atoms with Crippen molar-refractivity contribution in [3.8, 4) is 0 Å². The van der Waals surface area contributed by atoms with Crippen molar-refractivity contribution >= 4 is 44.1 Å². The number of aryl methyl sites for hydroxylation is 1. The monoisotopic (exact) mass is 385 g/mol. The Morgan fingerprint density at radius 2 is 2.08 bits per heavy atom. The summed E-state index contributed by atoms with van der Waals surface area (Å²) in [6.45, 7) is 1.76. The third kappa shape index (κ3) is 2.54. The Kier molecular flexibility index (Phi) is 3.72. The molecule has 0 atom stereocenters. The number of piperazine rings is 1. The predicted octanol–water partition coefficient (Wildman–Crippen LogP) is 2.58. The van der Waals surface area contributed by atoms with Gasteiger partial charge in [0.25, 0.3) is 0 Å². The molecule has 0 spiro atoms. The molecule has 122 valence electrons. The molecular formula is C17H16BrN5O. The maximum absolute atomic E-state index is 12.6. The van der Waals surface area contributed by atoms with E-state index in [1.54, 1.807) is 22.0 Å². The van der Waals surface area contributed by atoms with Crippen molar-refractivity contribution in [3.05, 3.63) is 47.3 Å². The highest BCUT2D eigenvalue weighted by atomic mass is 79.9. The number of fused-ring (bicyclic) bond motifs is 1. The fourth-order valence-electron chi connectivity index (χ4n) is 3.10. The number of benzene rings is 1. The summed E-state index contributed by atoms with van der Waals surface area (Å²) in [7, 11) is 1.85. The van der Waals surface area contributed by atoms with Crippen LogP contribution in [0.25, 0.3) is 10.9 Å². The Labute approximate surface area is 147 Å². The van der Waals surface area contributed by atoms with E-state index in [0.717, 1.165) is 33.3 Å². The van der Waals surface area contributed by atoms with Crippen LogP contribution in [0, 0.1) is 0 Å². The van der Waals surface area contributed by atoms with Gasteiger partial charge in [-0.25, -0.2) is 0 Å². The lowest BCUT2D eigenvalue weighted by Gasteiger charge is -2.35. The second kappa shape index (κ2) is 5.90. The van der Waals surface area contributed by atoms with Crippen LogP contribution in [0.1, 0.15) is 0 Å². The van der Waals surface area contributed by atoms with Gasteiger partial charge in [-0.15, -0.1) is 0 Å². The van der Waals surface area contributed by atoms with Crippen LogP contribution in [-0.4, -0.2) is 40.3 Å². The van der Waals surface area contributed by atoms with E-state index in [-0.39, 0.29) is 5.91 Å². The first kappa shape index (κ1) is 15.1. The molecule has 1 aliphatic heterocycles. The van der Waals surface area contributed by atoms with E-state index in [9.17, 15) is 4.79 Å². The topological polar surface area (TPSA) is 54.3 Å². The number of halogens is 1. The van der Waals surface area contributed by atoms with Crippen LogP contribution in [0.15, 0.2) is 47.3 Å². The van der Waals surface area contributed by atoms with E-state index < -0.39 is 0 Å². The predicted molar refractivity (Wildman–Crippen MR) is 97.2 cm³/mol. The van der Waals surface area contributed by atoms with Crippen molar-refractivity contribution in [2.24, 2.45) is 7.05 Å². The summed E-state index contributed by atoms with van der Waals surface area (Å²) in [6, 6.07) is 7.98. The highest BCUT2D eigenvalue weighted by Crippen LogP contribution is 2.31. The third-order valence-electron chi connectivity index (χ3n) is 4.26. The SMILES string of the molecule is Cn1cc(N2CCN(c3ccnc4c(Br)cccc34)CC2=O)cn1. The summed E-state index contributed by atoms with van der Waals surface area (Å²) in [5.74, 6) is 0.0780. The molecule has 7 heteroatoms. The van der Waals surface area contributed by atoms with Gasteiger partial charge in [-0.3, -0.25) is 14.5 Å². The maximum atomic E-state index is 12.6. The molecule has 1 fully saturated rings. The summed E-state index contributed by atoms with van der Waals surface area (Å²) in [5, 5.41) is 5.20. The van der Waals surface area contributed by atoms with Gasteiger partial charge in [0, 0.05) is 48.1 Å². The average molecular weight is 386 g/mol. The number of pyridine rings is 1. The van der Waals surface area contributed by atoms with Gasteiger partial charge in [0.15, 0.2) is 0 Å². The average Bonchev–Trinajstić information content (AvgIpc) is 3.01. The van der Waals surface area contributed by atoms with Gasteiger partial charge in [-0.05, 0) is 28.1 Å². The van der Waals surface area contributed by atoms with Crippen molar-refractivity contribution in [1.82, 2.24) is 14.8 Å². The third-order valence-corrected chi connectivity index (χ3v) is 4.90. The number of hydrogen-bond donors (Lipinski definition) is 0. The number of rotatable bonds is 2. The molecule has 6 nitrogen and oxygen atoms in total. The molecular weight excluding hydrogens is 370 g/mol. The molecule has 1 aromatic carbocycles. The highest BCUT2D eigenvalue weighted by Gasteiger charge is 2.27. The summed E-state index contributed by atoms with van der Waals surface area (Å²) in [4.78, 5) is 21.0. The standard InChI is InChI=1S/C17H16BrN5O/c1-21-10-12(9-20-21)23-8-7-22(11-16(23)24)15-5-6-19-17-13(15)3-2-4-14(17)18/h2-6,9-10H,7-8,11H2,1H3. The van der Waals surface area contributed by atoms with Crippen molar-refractivity contribution in [1.29, 1.82) is 0 Å². The van der Waals surface area contributed by atoms with Gasteiger partial charge >= 0.3 is 0 Å². The van der Waals surface area contributed by atoms with Crippen molar-refractivity contribution in [2.45, 2.75) is 0 Å². The van der Waals surface area contributed by atoms with Crippen LogP contribution >= 0.6 is 15.9 Å². The fourth-order valence-corrected chi connectivity index (χ4v) is 3.57. The van der Waals surface area contributed by atoms with Gasteiger partial charge in [0.1, 0.15) is 0 Å². The molecule has 0 unspecified atom stereocenters. The second-order valence-corrected chi connectivity index (χ2v) is 6.66. The van der Waals surface area contributed by atoms with Crippen LogP contribution in [0.5, 0.6) is 0 Å². The molecule has 0 aliphatic carbocycles. The summed E-state index contributed by atoms with van der Waals surface area (Å²) < 4.78 is 2.67. The van der Waals surface area contributed by atoms with E-state index in [4.69, 9.17) is 0 Å². The van der Waals surface area contributed by atoms with Gasteiger partial charge in [0.05, 0.1) is 23.9 Å². The Hall–Kier alpha value is -2.41. The lowest BCUT2D eigenvalue weighted by molar-refractivity contribution is -0.117. The van der Waals surface area contributed by atoms with E-state index in [1.807, 2.05) is 37.5 Å². The van der Waals surface area contributed by atoms with Crippen molar-refractivity contribution in [3.63, 3.8) is 0 Å². The summed E-state index contributed by atoms with van der Waals surface area (Å²) >= 11 is 3.54. The number of nitrogens with zero attached hydrogens (tertiary/aromatic N) is 5. The zero-order chi connectivity index (χ0) is 16.7. The number of carbonyl (C=O) groups is 1. The van der Waals surface area contributed by atoms with Gasteiger partial charge in [-0.2, -0.15) is 5.10 Å². The minimum Gasteiger partial charge on any atom is -0.360 e. The minimum atomic E-state index is 0.0780. The van der Waals surface area contributed by atoms with E-state index in [0.29, 0.717) is 13.1 Å². The van der Waals surface area contributed by atoms with Crippen molar-refractivity contribution in [2.75, 3.05) is 29.4 Å². The largest absolute Gasteiger partial charge is 0.360 e. The zero-order valence-electron chi connectivity index (χ0n) is 13.2. The number of aromatic nitrogens is 3. The van der Waals surface area contributed by atoms with E-state index >= 15 is 0 Å². The number of amides is 1. The van der Waals surface area contributed by atoms with Gasteiger partial charge in [-0.1, -0.05) is 12.1 Å². The molecule has 1 aliphatic rings. The molecule has 2 aromatic heterocycles. The fraction of sp³-hybridized carbons (Fsp3) is 0.235. The Bertz CT molecular complexity index is 922. The first-order valence-corrected chi connectivity index (χ1v) is 8.50. The van der Waals surface area contributed by atoms with Crippen LogP contribution in [0.4, 0.5) is 11.4 Å².